The Morgan fingerprint density at radius 2 is 2.24 bits per heavy atom. The van der Waals surface area contributed by atoms with Crippen molar-refractivity contribution in [3.63, 3.8) is 0 Å². The third kappa shape index (κ3) is 4.49. The van der Waals surface area contributed by atoms with Crippen LogP contribution in [0.25, 0.3) is 0 Å². The standard InChI is InChI=1S/C14H25NO2/c1-3-5-7-11(4-2)10-15-14(17)12-8-6-9-13(12)16/h11-12H,3-10H2,1-2H3,(H,15,17). The summed E-state index contributed by atoms with van der Waals surface area (Å²) in [6.45, 7) is 5.08. The maximum absolute atomic E-state index is 11.8. The lowest BCUT2D eigenvalue weighted by Crippen LogP contribution is -2.36. The van der Waals surface area contributed by atoms with Crippen molar-refractivity contribution >= 4 is 11.7 Å². The molecule has 0 aromatic carbocycles. The molecule has 1 rings (SSSR count). The molecule has 1 amide bonds. The second-order valence-corrected chi connectivity index (χ2v) is 5.07. The van der Waals surface area contributed by atoms with Crippen molar-refractivity contribution in [1.29, 1.82) is 0 Å². The molecular formula is C14H25NO2. The molecule has 3 nitrogen and oxygen atoms in total. The summed E-state index contributed by atoms with van der Waals surface area (Å²) in [5.74, 6) is 0.306. The zero-order valence-corrected chi connectivity index (χ0v) is 11.1. The first-order chi connectivity index (χ1) is 8.19. The molecule has 1 N–H and O–H groups in total. The van der Waals surface area contributed by atoms with Gasteiger partial charge in [-0.15, -0.1) is 0 Å². The quantitative estimate of drug-likeness (QED) is 0.694. The SMILES string of the molecule is CCCCC(CC)CNC(=O)C1CCCC1=O. The summed E-state index contributed by atoms with van der Waals surface area (Å²) in [5, 5.41) is 2.96. The fourth-order valence-electron chi connectivity index (χ4n) is 2.40. The molecule has 0 aromatic rings. The van der Waals surface area contributed by atoms with Gasteiger partial charge in [-0.1, -0.05) is 33.1 Å². The molecule has 1 saturated carbocycles. The van der Waals surface area contributed by atoms with Crippen molar-refractivity contribution < 1.29 is 9.59 Å². The highest BCUT2D eigenvalue weighted by atomic mass is 16.2. The Morgan fingerprint density at radius 3 is 2.76 bits per heavy atom. The highest BCUT2D eigenvalue weighted by Gasteiger charge is 2.30. The van der Waals surface area contributed by atoms with E-state index < -0.39 is 0 Å². The number of hydrogen-bond acceptors (Lipinski definition) is 2. The zero-order valence-electron chi connectivity index (χ0n) is 11.1. The van der Waals surface area contributed by atoms with Gasteiger partial charge in [-0.2, -0.15) is 0 Å². The van der Waals surface area contributed by atoms with Gasteiger partial charge in [0, 0.05) is 13.0 Å². The number of nitrogens with one attached hydrogen (secondary N) is 1. The molecule has 0 radical (unpaired) electrons. The van der Waals surface area contributed by atoms with Crippen molar-refractivity contribution in [3.8, 4) is 0 Å². The highest BCUT2D eigenvalue weighted by Crippen LogP contribution is 2.21. The van der Waals surface area contributed by atoms with E-state index in [9.17, 15) is 9.59 Å². The first-order valence-corrected chi connectivity index (χ1v) is 6.99. The molecule has 1 fully saturated rings. The molecule has 0 aliphatic heterocycles. The van der Waals surface area contributed by atoms with Gasteiger partial charge in [0.05, 0.1) is 5.92 Å². The van der Waals surface area contributed by atoms with E-state index >= 15 is 0 Å². The van der Waals surface area contributed by atoms with E-state index in [1.807, 2.05) is 0 Å². The van der Waals surface area contributed by atoms with Crippen LogP contribution in [0.15, 0.2) is 0 Å². The van der Waals surface area contributed by atoms with Crippen molar-refractivity contribution in [2.24, 2.45) is 11.8 Å². The lowest BCUT2D eigenvalue weighted by molar-refractivity contribution is -0.132. The Kier molecular flexibility index (Phi) is 6.23. The summed E-state index contributed by atoms with van der Waals surface area (Å²) in [4.78, 5) is 23.3. The van der Waals surface area contributed by atoms with Crippen LogP contribution in [0.3, 0.4) is 0 Å². The number of amides is 1. The van der Waals surface area contributed by atoms with Gasteiger partial charge in [0.25, 0.3) is 0 Å². The average molecular weight is 239 g/mol. The Balaban J connectivity index is 2.28. The van der Waals surface area contributed by atoms with Crippen molar-refractivity contribution in [1.82, 2.24) is 5.32 Å². The van der Waals surface area contributed by atoms with E-state index in [2.05, 4.69) is 19.2 Å². The fourth-order valence-corrected chi connectivity index (χ4v) is 2.40. The lowest BCUT2D eigenvalue weighted by Gasteiger charge is -2.16. The first-order valence-electron chi connectivity index (χ1n) is 6.99. The van der Waals surface area contributed by atoms with Crippen LogP contribution in [0, 0.1) is 11.8 Å². The third-order valence-corrected chi connectivity index (χ3v) is 3.73. The molecule has 0 aromatic heterocycles. The topological polar surface area (TPSA) is 46.2 Å². The van der Waals surface area contributed by atoms with Gasteiger partial charge in [-0.05, 0) is 25.2 Å². The molecule has 2 atom stereocenters. The minimum absolute atomic E-state index is 0.0394. The highest BCUT2D eigenvalue weighted by molar-refractivity contribution is 6.02. The van der Waals surface area contributed by atoms with E-state index in [1.54, 1.807) is 0 Å². The molecule has 17 heavy (non-hydrogen) atoms. The maximum Gasteiger partial charge on any atom is 0.230 e. The summed E-state index contributed by atoms with van der Waals surface area (Å²) >= 11 is 0. The largest absolute Gasteiger partial charge is 0.355 e. The van der Waals surface area contributed by atoms with Crippen LogP contribution >= 0.6 is 0 Å². The van der Waals surface area contributed by atoms with Crippen LogP contribution in [0.4, 0.5) is 0 Å². The number of hydrogen-bond donors (Lipinski definition) is 1. The molecular weight excluding hydrogens is 214 g/mol. The monoisotopic (exact) mass is 239 g/mol. The van der Waals surface area contributed by atoms with Gasteiger partial charge in [0.1, 0.15) is 5.78 Å². The fraction of sp³-hybridized carbons (Fsp3) is 0.857. The van der Waals surface area contributed by atoms with E-state index in [4.69, 9.17) is 0 Å². The van der Waals surface area contributed by atoms with Gasteiger partial charge in [-0.3, -0.25) is 9.59 Å². The van der Waals surface area contributed by atoms with Crippen LogP contribution < -0.4 is 5.32 Å². The molecule has 0 spiro atoms. The Hall–Kier alpha value is -0.860. The summed E-state index contributed by atoms with van der Waals surface area (Å²) in [7, 11) is 0. The normalized spacial score (nSPS) is 21.5. The minimum Gasteiger partial charge on any atom is -0.355 e. The maximum atomic E-state index is 11.8. The number of carbonyl (C=O) groups excluding carboxylic acids is 2. The first kappa shape index (κ1) is 14.2. The van der Waals surface area contributed by atoms with Crippen molar-refractivity contribution in [2.45, 2.75) is 58.8 Å². The smallest absolute Gasteiger partial charge is 0.230 e. The second-order valence-electron chi connectivity index (χ2n) is 5.07. The van der Waals surface area contributed by atoms with Gasteiger partial charge in [0.2, 0.25) is 5.91 Å². The number of unbranched alkanes of at least 4 members (excludes halogenated alkanes) is 1. The molecule has 3 heteroatoms. The summed E-state index contributed by atoms with van der Waals surface area (Å²) in [6.07, 6.45) is 6.90. The van der Waals surface area contributed by atoms with Crippen LogP contribution in [0.2, 0.25) is 0 Å². The third-order valence-electron chi connectivity index (χ3n) is 3.73. The number of rotatable bonds is 7. The average Bonchev–Trinajstić information content (AvgIpc) is 2.75. The van der Waals surface area contributed by atoms with Crippen molar-refractivity contribution in [3.05, 3.63) is 0 Å². The van der Waals surface area contributed by atoms with Crippen LogP contribution in [0.5, 0.6) is 0 Å². The number of carbonyl (C=O) groups is 2. The second kappa shape index (κ2) is 7.46. The molecule has 2 unspecified atom stereocenters. The predicted octanol–water partition coefficient (Wildman–Crippen LogP) is 2.69. The van der Waals surface area contributed by atoms with Gasteiger partial charge in [-0.25, -0.2) is 0 Å². The molecule has 0 saturated heterocycles. The van der Waals surface area contributed by atoms with Crippen LogP contribution in [-0.2, 0) is 9.59 Å². The zero-order chi connectivity index (χ0) is 12.7. The summed E-state index contributed by atoms with van der Waals surface area (Å²) in [6, 6.07) is 0. The van der Waals surface area contributed by atoms with E-state index in [0.717, 1.165) is 25.8 Å². The number of Topliss-reactive ketones (excluding diaryl/α,β-unsaturated/α-hetero) is 1. The molecule has 0 heterocycles. The minimum atomic E-state index is -0.348. The Morgan fingerprint density at radius 1 is 1.47 bits per heavy atom. The summed E-state index contributed by atoms with van der Waals surface area (Å²) in [5.41, 5.74) is 0. The summed E-state index contributed by atoms with van der Waals surface area (Å²) < 4.78 is 0. The van der Waals surface area contributed by atoms with Gasteiger partial charge < -0.3 is 5.32 Å². The molecule has 1 aliphatic carbocycles. The van der Waals surface area contributed by atoms with Gasteiger partial charge in [0.15, 0.2) is 0 Å². The Bertz CT molecular complexity index is 263. The van der Waals surface area contributed by atoms with E-state index in [1.165, 1.54) is 19.3 Å². The number of ketones is 1. The van der Waals surface area contributed by atoms with Crippen LogP contribution in [-0.4, -0.2) is 18.2 Å². The predicted molar refractivity (Wildman–Crippen MR) is 68.7 cm³/mol. The molecule has 0 bridgehead atoms. The van der Waals surface area contributed by atoms with E-state index in [0.29, 0.717) is 12.3 Å². The van der Waals surface area contributed by atoms with Crippen molar-refractivity contribution in [2.75, 3.05) is 6.54 Å². The van der Waals surface area contributed by atoms with Crippen LogP contribution in [0.1, 0.15) is 58.8 Å². The lowest BCUT2D eigenvalue weighted by atomic mass is 9.98. The Labute approximate surface area is 104 Å². The van der Waals surface area contributed by atoms with E-state index in [-0.39, 0.29) is 17.6 Å². The molecule has 1 aliphatic rings. The molecule has 98 valence electrons. The van der Waals surface area contributed by atoms with Gasteiger partial charge >= 0.3 is 0 Å².